The van der Waals surface area contributed by atoms with Crippen LogP contribution in [0.1, 0.15) is 50.1 Å². The van der Waals surface area contributed by atoms with Gasteiger partial charge in [-0.2, -0.15) is 4.31 Å². The van der Waals surface area contributed by atoms with Gasteiger partial charge >= 0.3 is 0 Å². The van der Waals surface area contributed by atoms with E-state index in [-0.39, 0.29) is 16.9 Å². The van der Waals surface area contributed by atoms with E-state index in [1.165, 1.54) is 4.31 Å². The molecular formula is C18H22N2O5S. The first-order chi connectivity index (χ1) is 12.5. The van der Waals surface area contributed by atoms with Crippen molar-refractivity contribution in [1.82, 2.24) is 9.46 Å². The number of fused-ring (bicyclic) bond motifs is 1. The molecule has 1 atom stereocenters. The van der Waals surface area contributed by atoms with Gasteiger partial charge in [0.25, 0.3) is 0 Å². The number of rotatable bonds is 4. The van der Waals surface area contributed by atoms with E-state index in [0.717, 1.165) is 18.6 Å². The highest BCUT2D eigenvalue weighted by molar-refractivity contribution is 7.89. The van der Waals surface area contributed by atoms with Crippen molar-refractivity contribution in [3.8, 4) is 11.5 Å². The summed E-state index contributed by atoms with van der Waals surface area (Å²) >= 11 is 0. The first-order valence-electron chi connectivity index (χ1n) is 8.85. The molecule has 1 aromatic carbocycles. The Morgan fingerprint density at radius 3 is 2.65 bits per heavy atom. The van der Waals surface area contributed by atoms with E-state index in [0.29, 0.717) is 37.0 Å². The zero-order valence-corrected chi connectivity index (χ0v) is 15.7. The third-order valence-electron chi connectivity index (χ3n) is 4.78. The Morgan fingerprint density at radius 1 is 1.15 bits per heavy atom. The SMILES string of the molecule is CC(C)c1cc([C@@H]2CCCN2S(=O)(=O)c2ccc3c(c2)OCCO3)no1. The van der Waals surface area contributed by atoms with Crippen molar-refractivity contribution in [3.63, 3.8) is 0 Å². The molecule has 140 valence electrons. The van der Waals surface area contributed by atoms with Crippen LogP contribution in [0.2, 0.25) is 0 Å². The van der Waals surface area contributed by atoms with Gasteiger partial charge in [-0.1, -0.05) is 19.0 Å². The standard InChI is InChI=1S/C18H22N2O5S/c1-12(2)17-11-14(19-25-17)15-4-3-7-20(15)26(21,22)13-5-6-16-18(10-13)24-9-8-23-16/h5-6,10-12,15H,3-4,7-9H2,1-2H3/t15-/m0/s1. The second-order valence-corrected chi connectivity index (χ2v) is 8.78. The predicted octanol–water partition coefficient (Wildman–Crippen LogP) is 3.10. The van der Waals surface area contributed by atoms with E-state index in [1.807, 2.05) is 19.9 Å². The summed E-state index contributed by atoms with van der Waals surface area (Å²) in [4.78, 5) is 0.209. The first-order valence-corrected chi connectivity index (χ1v) is 10.3. The van der Waals surface area contributed by atoms with E-state index < -0.39 is 10.0 Å². The Bertz CT molecular complexity index is 906. The van der Waals surface area contributed by atoms with Crippen molar-refractivity contribution in [1.29, 1.82) is 0 Å². The number of ether oxygens (including phenoxy) is 2. The van der Waals surface area contributed by atoms with Crippen molar-refractivity contribution in [2.24, 2.45) is 0 Å². The molecule has 1 saturated heterocycles. The van der Waals surface area contributed by atoms with E-state index in [9.17, 15) is 8.42 Å². The van der Waals surface area contributed by atoms with Gasteiger partial charge in [0.2, 0.25) is 10.0 Å². The number of hydrogen-bond acceptors (Lipinski definition) is 6. The predicted molar refractivity (Wildman–Crippen MR) is 93.9 cm³/mol. The second-order valence-electron chi connectivity index (χ2n) is 6.89. The van der Waals surface area contributed by atoms with Crippen LogP contribution in [0.4, 0.5) is 0 Å². The fourth-order valence-electron chi connectivity index (χ4n) is 3.38. The fraction of sp³-hybridized carbons (Fsp3) is 0.500. The van der Waals surface area contributed by atoms with E-state index >= 15 is 0 Å². The lowest BCUT2D eigenvalue weighted by Gasteiger charge is -2.24. The summed E-state index contributed by atoms with van der Waals surface area (Å²) in [6.07, 6.45) is 1.52. The van der Waals surface area contributed by atoms with Crippen LogP contribution in [-0.4, -0.2) is 37.6 Å². The molecule has 0 bridgehead atoms. The maximum Gasteiger partial charge on any atom is 0.243 e. The van der Waals surface area contributed by atoms with Crippen LogP contribution in [0.25, 0.3) is 0 Å². The van der Waals surface area contributed by atoms with E-state index in [4.69, 9.17) is 14.0 Å². The summed E-state index contributed by atoms with van der Waals surface area (Å²) in [6.45, 7) is 5.38. The van der Waals surface area contributed by atoms with Gasteiger partial charge in [0.15, 0.2) is 11.5 Å². The Labute approximate surface area is 152 Å². The molecule has 1 fully saturated rings. The molecule has 3 heterocycles. The fourth-order valence-corrected chi connectivity index (χ4v) is 5.06. The van der Waals surface area contributed by atoms with Gasteiger partial charge in [-0.15, -0.1) is 0 Å². The number of aromatic nitrogens is 1. The molecule has 0 spiro atoms. The second kappa shape index (κ2) is 6.59. The maximum atomic E-state index is 13.2. The molecule has 7 nitrogen and oxygen atoms in total. The Balaban J connectivity index is 1.65. The van der Waals surface area contributed by atoms with Crippen molar-refractivity contribution in [2.75, 3.05) is 19.8 Å². The number of hydrogen-bond donors (Lipinski definition) is 0. The number of nitrogens with zero attached hydrogens (tertiary/aromatic N) is 2. The average molecular weight is 378 g/mol. The lowest BCUT2D eigenvalue weighted by molar-refractivity contribution is 0.171. The normalized spacial score (nSPS) is 20.7. The Kier molecular flexibility index (Phi) is 4.40. The smallest absolute Gasteiger partial charge is 0.243 e. The lowest BCUT2D eigenvalue weighted by Crippen LogP contribution is -2.31. The van der Waals surface area contributed by atoms with Gasteiger partial charge in [-0.3, -0.25) is 0 Å². The zero-order chi connectivity index (χ0) is 18.3. The van der Waals surface area contributed by atoms with Crippen molar-refractivity contribution in [3.05, 3.63) is 35.7 Å². The van der Waals surface area contributed by atoms with Gasteiger partial charge in [0.05, 0.1) is 10.9 Å². The molecule has 2 aliphatic heterocycles. The molecule has 0 unspecified atom stereocenters. The summed E-state index contributed by atoms with van der Waals surface area (Å²) in [5, 5.41) is 4.12. The molecule has 4 rings (SSSR count). The van der Waals surface area contributed by atoms with E-state index in [2.05, 4.69) is 5.16 Å². The average Bonchev–Trinajstić information content (AvgIpc) is 3.30. The molecule has 26 heavy (non-hydrogen) atoms. The summed E-state index contributed by atoms with van der Waals surface area (Å²) in [7, 11) is -3.66. The van der Waals surface area contributed by atoms with Gasteiger partial charge in [-0.05, 0) is 25.0 Å². The molecular weight excluding hydrogens is 356 g/mol. The zero-order valence-electron chi connectivity index (χ0n) is 14.8. The Hall–Kier alpha value is -2.06. The van der Waals surface area contributed by atoms with Gasteiger partial charge in [-0.25, -0.2) is 8.42 Å². The van der Waals surface area contributed by atoms with Crippen LogP contribution in [0.5, 0.6) is 11.5 Å². The third kappa shape index (κ3) is 2.97. The van der Waals surface area contributed by atoms with Gasteiger partial charge < -0.3 is 14.0 Å². The van der Waals surface area contributed by atoms with E-state index in [1.54, 1.807) is 18.2 Å². The first kappa shape index (κ1) is 17.4. The van der Waals surface area contributed by atoms with Crippen LogP contribution in [0.3, 0.4) is 0 Å². The summed E-state index contributed by atoms with van der Waals surface area (Å²) in [5.41, 5.74) is 0.673. The minimum absolute atomic E-state index is 0.209. The molecule has 2 aromatic rings. The van der Waals surface area contributed by atoms with Gasteiger partial charge in [0.1, 0.15) is 24.7 Å². The number of sulfonamides is 1. The Morgan fingerprint density at radius 2 is 1.92 bits per heavy atom. The van der Waals surface area contributed by atoms with Crippen molar-refractivity contribution in [2.45, 2.75) is 43.5 Å². The van der Waals surface area contributed by atoms with Crippen LogP contribution < -0.4 is 9.47 Å². The topological polar surface area (TPSA) is 81.9 Å². The molecule has 0 N–H and O–H groups in total. The largest absolute Gasteiger partial charge is 0.486 e. The summed E-state index contributed by atoms with van der Waals surface area (Å²) < 4.78 is 44.3. The molecule has 2 aliphatic rings. The number of benzene rings is 1. The highest BCUT2D eigenvalue weighted by Gasteiger charge is 2.38. The highest BCUT2D eigenvalue weighted by atomic mass is 32.2. The molecule has 0 amide bonds. The lowest BCUT2D eigenvalue weighted by atomic mass is 10.1. The molecule has 8 heteroatoms. The molecule has 0 radical (unpaired) electrons. The summed E-state index contributed by atoms with van der Waals surface area (Å²) in [5.74, 6) is 2.02. The van der Waals surface area contributed by atoms with Crippen LogP contribution in [0, 0.1) is 0 Å². The maximum absolute atomic E-state index is 13.2. The van der Waals surface area contributed by atoms with Crippen LogP contribution in [0.15, 0.2) is 33.7 Å². The molecule has 0 aliphatic carbocycles. The summed E-state index contributed by atoms with van der Waals surface area (Å²) in [6, 6.07) is 6.33. The monoisotopic (exact) mass is 378 g/mol. The van der Waals surface area contributed by atoms with Crippen LogP contribution >= 0.6 is 0 Å². The van der Waals surface area contributed by atoms with Crippen LogP contribution in [-0.2, 0) is 10.0 Å². The molecule has 1 aromatic heterocycles. The van der Waals surface area contributed by atoms with Gasteiger partial charge in [0, 0.05) is 24.6 Å². The third-order valence-corrected chi connectivity index (χ3v) is 6.69. The minimum atomic E-state index is -3.66. The quantitative estimate of drug-likeness (QED) is 0.813. The van der Waals surface area contributed by atoms with Crippen molar-refractivity contribution >= 4 is 10.0 Å². The minimum Gasteiger partial charge on any atom is -0.486 e. The highest BCUT2D eigenvalue weighted by Crippen LogP contribution is 2.39. The molecule has 0 saturated carbocycles. The van der Waals surface area contributed by atoms with Crippen molar-refractivity contribution < 1.29 is 22.4 Å².